The number of benzene rings is 3. The smallest absolute Gasteiger partial charge is 0.247 e. The van der Waals surface area contributed by atoms with Gasteiger partial charge >= 0.3 is 0 Å². The van der Waals surface area contributed by atoms with Crippen LogP contribution in [0, 0.1) is 0 Å². The number of amides is 2. The van der Waals surface area contributed by atoms with Gasteiger partial charge in [0.1, 0.15) is 6.04 Å². The first-order chi connectivity index (χ1) is 16.9. The zero-order valence-electron chi connectivity index (χ0n) is 20.3. The van der Waals surface area contributed by atoms with Crippen molar-refractivity contribution in [1.29, 1.82) is 0 Å². The zero-order chi connectivity index (χ0) is 25.0. The standard InChI is InChI=1S/C29H33ClN2O3/c1-22(2)35-19-9-18-31-29(34)28(25-12-7-4-8-13-25)32(21-24-14-16-26(30)17-15-24)27(33)20-23-10-5-3-6-11-23/h3-8,10-17,22,28H,9,18-21H2,1-2H3,(H,31,34)/t28-/m0/s1. The number of hydrogen-bond donors (Lipinski definition) is 1. The Morgan fingerprint density at radius 2 is 1.51 bits per heavy atom. The van der Waals surface area contributed by atoms with Gasteiger partial charge in [0.05, 0.1) is 12.5 Å². The number of ether oxygens (including phenoxy) is 1. The van der Waals surface area contributed by atoms with Gasteiger partial charge in [-0.3, -0.25) is 9.59 Å². The largest absolute Gasteiger partial charge is 0.379 e. The number of halogens is 1. The van der Waals surface area contributed by atoms with Crippen LogP contribution in [-0.4, -0.2) is 36.0 Å². The van der Waals surface area contributed by atoms with Crippen molar-refractivity contribution in [1.82, 2.24) is 10.2 Å². The molecule has 0 saturated heterocycles. The third-order valence-electron chi connectivity index (χ3n) is 5.53. The molecule has 35 heavy (non-hydrogen) atoms. The van der Waals surface area contributed by atoms with E-state index in [-0.39, 0.29) is 30.9 Å². The molecule has 0 heterocycles. The van der Waals surface area contributed by atoms with E-state index in [4.69, 9.17) is 16.3 Å². The van der Waals surface area contributed by atoms with Crippen LogP contribution in [0.4, 0.5) is 0 Å². The quantitative estimate of drug-likeness (QED) is 0.335. The number of rotatable bonds is 12. The number of carbonyl (C=O) groups excluding carboxylic acids is 2. The molecule has 1 N–H and O–H groups in total. The highest BCUT2D eigenvalue weighted by molar-refractivity contribution is 6.30. The lowest BCUT2D eigenvalue weighted by atomic mass is 10.0. The molecule has 0 unspecified atom stereocenters. The molecule has 0 aromatic heterocycles. The summed E-state index contributed by atoms with van der Waals surface area (Å²) in [5.74, 6) is -0.339. The summed E-state index contributed by atoms with van der Waals surface area (Å²) in [6.07, 6.45) is 1.04. The fraction of sp³-hybridized carbons (Fsp3) is 0.310. The van der Waals surface area contributed by atoms with Crippen molar-refractivity contribution >= 4 is 23.4 Å². The Morgan fingerprint density at radius 3 is 2.14 bits per heavy atom. The lowest BCUT2D eigenvalue weighted by molar-refractivity contribution is -0.141. The van der Waals surface area contributed by atoms with Gasteiger partial charge < -0.3 is 15.0 Å². The molecule has 3 aromatic carbocycles. The summed E-state index contributed by atoms with van der Waals surface area (Å²) in [5.41, 5.74) is 2.56. The van der Waals surface area contributed by atoms with E-state index in [1.165, 1.54) is 0 Å². The predicted molar refractivity (Wildman–Crippen MR) is 140 cm³/mol. The minimum Gasteiger partial charge on any atom is -0.379 e. The number of hydrogen-bond acceptors (Lipinski definition) is 3. The minimum absolute atomic E-state index is 0.127. The van der Waals surface area contributed by atoms with Crippen molar-refractivity contribution < 1.29 is 14.3 Å². The monoisotopic (exact) mass is 492 g/mol. The van der Waals surface area contributed by atoms with E-state index in [1.807, 2.05) is 86.6 Å². The second kappa shape index (κ2) is 13.7. The highest BCUT2D eigenvalue weighted by Crippen LogP contribution is 2.25. The van der Waals surface area contributed by atoms with Gasteiger partial charge in [0.25, 0.3) is 0 Å². The molecule has 184 valence electrons. The van der Waals surface area contributed by atoms with Gasteiger partial charge in [-0.15, -0.1) is 0 Å². The van der Waals surface area contributed by atoms with E-state index in [2.05, 4.69) is 5.32 Å². The normalized spacial score (nSPS) is 11.8. The SMILES string of the molecule is CC(C)OCCCNC(=O)[C@H](c1ccccc1)N(Cc1ccc(Cl)cc1)C(=O)Cc1ccccc1. The molecular formula is C29H33ClN2O3. The predicted octanol–water partition coefficient (Wildman–Crippen LogP) is 5.58. The average molecular weight is 493 g/mol. The molecule has 6 heteroatoms. The Morgan fingerprint density at radius 1 is 0.886 bits per heavy atom. The Kier molecular flexibility index (Phi) is 10.3. The van der Waals surface area contributed by atoms with Crippen molar-refractivity contribution in [3.63, 3.8) is 0 Å². The van der Waals surface area contributed by atoms with E-state index >= 15 is 0 Å². The van der Waals surface area contributed by atoms with Gasteiger partial charge in [0.2, 0.25) is 11.8 Å². The van der Waals surface area contributed by atoms with Crippen molar-refractivity contribution in [2.45, 2.75) is 45.4 Å². The van der Waals surface area contributed by atoms with Crippen LogP contribution in [0.2, 0.25) is 5.02 Å². The summed E-state index contributed by atoms with van der Waals surface area (Å²) in [7, 11) is 0. The first-order valence-corrected chi connectivity index (χ1v) is 12.3. The molecule has 3 rings (SSSR count). The summed E-state index contributed by atoms with van der Waals surface area (Å²) < 4.78 is 5.58. The summed E-state index contributed by atoms with van der Waals surface area (Å²) in [4.78, 5) is 28.8. The topological polar surface area (TPSA) is 58.6 Å². The summed E-state index contributed by atoms with van der Waals surface area (Å²) in [6.45, 7) is 5.28. The summed E-state index contributed by atoms with van der Waals surface area (Å²) in [6, 6.07) is 25.6. The maximum absolute atomic E-state index is 13.7. The first kappa shape index (κ1) is 26.5. The van der Waals surface area contributed by atoms with Crippen molar-refractivity contribution in [3.05, 3.63) is 107 Å². The van der Waals surface area contributed by atoms with E-state index in [0.717, 1.165) is 16.7 Å². The van der Waals surface area contributed by atoms with Crippen LogP contribution in [0.25, 0.3) is 0 Å². The van der Waals surface area contributed by atoms with Gasteiger partial charge in [0, 0.05) is 24.7 Å². The fourth-order valence-corrected chi connectivity index (χ4v) is 3.92. The second-order valence-electron chi connectivity index (χ2n) is 8.69. The van der Waals surface area contributed by atoms with Crippen LogP contribution < -0.4 is 5.32 Å². The minimum atomic E-state index is -0.769. The van der Waals surface area contributed by atoms with Gasteiger partial charge in [-0.1, -0.05) is 84.4 Å². The van der Waals surface area contributed by atoms with Gasteiger partial charge in [0.15, 0.2) is 0 Å². The van der Waals surface area contributed by atoms with Crippen LogP contribution >= 0.6 is 11.6 Å². The van der Waals surface area contributed by atoms with Crippen molar-refractivity contribution in [3.8, 4) is 0 Å². The molecular weight excluding hydrogens is 460 g/mol. The van der Waals surface area contributed by atoms with E-state index in [1.54, 1.807) is 17.0 Å². The molecule has 0 aliphatic carbocycles. The number of carbonyl (C=O) groups is 2. The molecule has 0 aliphatic rings. The third kappa shape index (κ3) is 8.53. The van der Waals surface area contributed by atoms with Crippen LogP contribution in [-0.2, 0) is 27.3 Å². The first-order valence-electron chi connectivity index (χ1n) is 12.0. The summed E-state index contributed by atoms with van der Waals surface area (Å²) in [5, 5.41) is 3.64. The second-order valence-corrected chi connectivity index (χ2v) is 9.12. The number of nitrogens with one attached hydrogen (secondary N) is 1. The molecule has 0 fully saturated rings. The lowest BCUT2D eigenvalue weighted by Gasteiger charge is -2.32. The molecule has 0 bridgehead atoms. The molecule has 1 atom stereocenters. The maximum Gasteiger partial charge on any atom is 0.247 e. The number of nitrogens with zero attached hydrogens (tertiary/aromatic N) is 1. The van der Waals surface area contributed by atoms with Gasteiger partial charge in [-0.25, -0.2) is 0 Å². The average Bonchev–Trinajstić information content (AvgIpc) is 2.85. The van der Waals surface area contributed by atoms with Crippen molar-refractivity contribution in [2.75, 3.05) is 13.2 Å². The van der Waals surface area contributed by atoms with E-state index < -0.39 is 6.04 Å². The van der Waals surface area contributed by atoms with Crippen LogP contribution in [0.1, 0.15) is 43.0 Å². The molecule has 0 radical (unpaired) electrons. The van der Waals surface area contributed by atoms with Crippen LogP contribution in [0.3, 0.4) is 0 Å². The molecule has 0 saturated carbocycles. The third-order valence-corrected chi connectivity index (χ3v) is 5.78. The molecule has 0 spiro atoms. The van der Waals surface area contributed by atoms with Crippen LogP contribution in [0.5, 0.6) is 0 Å². The molecule has 0 aliphatic heterocycles. The van der Waals surface area contributed by atoms with E-state index in [0.29, 0.717) is 24.6 Å². The van der Waals surface area contributed by atoms with Gasteiger partial charge in [-0.2, -0.15) is 0 Å². The Bertz CT molecular complexity index is 1060. The Hall–Kier alpha value is -3.15. The Labute approximate surface area is 213 Å². The highest BCUT2D eigenvalue weighted by Gasteiger charge is 2.31. The highest BCUT2D eigenvalue weighted by atomic mass is 35.5. The molecule has 2 amide bonds. The lowest BCUT2D eigenvalue weighted by Crippen LogP contribution is -2.44. The van der Waals surface area contributed by atoms with Crippen LogP contribution in [0.15, 0.2) is 84.9 Å². The summed E-state index contributed by atoms with van der Waals surface area (Å²) >= 11 is 6.07. The Balaban J connectivity index is 1.87. The maximum atomic E-state index is 13.7. The molecule has 5 nitrogen and oxygen atoms in total. The fourth-order valence-electron chi connectivity index (χ4n) is 3.79. The zero-order valence-corrected chi connectivity index (χ0v) is 21.1. The van der Waals surface area contributed by atoms with Gasteiger partial charge in [-0.05, 0) is 49.1 Å². The van der Waals surface area contributed by atoms with E-state index in [9.17, 15) is 9.59 Å². The molecule has 3 aromatic rings. The van der Waals surface area contributed by atoms with Crippen molar-refractivity contribution in [2.24, 2.45) is 0 Å².